The summed E-state index contributed by atoms with van der Waals surface area (Å²) < 4.78 is 10.3. The molecular weight excluding hydrogens is 284 g/mol. The second-order valence-corrected chi connectivity index (χ2v) is 5.14. The quantitative estimate of drug-likeness (QED) is 0.596. The molecule has 22 heavy (non-hydrogen) atoms. The summed E-state index contributed by atoms with van der Waals surface area (Å²) in [4.78, 5) is 24.5. The number of carbonyl (C=O) groups is 2. The highest BCUT2D eigenvalue weighted by atomic mass is 16.5. The topological polar surface area (TPSA) is 76.7 Å². The number of rotatable bonds is 7. The van der Waals surface area contributed by atoms with E-state index >= 15 is 0 Å². The minimum absolute atomic E-state index is 0.304. The minimum Gasteiger partial charge on any atom is -0.497 e. The average molecular weight is 306 g/mol. The van der Waals surface area contributed by atoms with Crippen molar-refractivity contribution in [3.8, 4) is 11.5 Å². The molecule has 2 amide bonds. The lowest BCUT2D eigenvalue weighted by atomic mass is 9.91. The first kappa shape index (κ1) is 17.6. The van der Waals surface area contributed by atoms with Gasteiger partial charge >= 0.3 is 0 Å². The number of carbonyl (C=O) groups excluding carboxylic acids is 2. The van der Waals surface area contributed by atoms with Crippen LogP contribution in [0.5, 0.6) is 11.5 Å². The van der Waals surface area contributed by atoms with E-state index in [-0.39, 0.29) is 5.91 Å². The van der Waals surface area contributed by atoms with Crippen LogP contribution in [0.4, 0.5) is 5.69 Å². The Hall–Kier alpha value is -2.50. The Morgan fingerprint density at radius 3 is 2.45 bits per heavy atom. The van der Waals surface area contributed by atoms with Crippen LogP contribution in [0.15, 0.2) is 30.9 Å². The fraction of sp³-hybridized carbons (Fsp3) is 0.375. The fourth-order valence-electron chi connectivity index (χ4n) is 1.68. The second-order valence-electron chi connectivity index (χ2n) is 5.14. The van der Waals surface area contributed by atoms with Crippen molar-refractivity contribution in [3.05, 3.63) is 30.9 Å². The molecule has 6 heteroatoms. The van der Waals surface area contributed by atoms with E-state index in [2.05, 4.69) is 17.2 Å². The molecule has 0 fully saturated rings. The van der Waals surface area contributed by atoms with E-state index in [4.69, 9.17) is 9.47 Å². The molecule has 0 saturated carbocycles. The van der Waals surface area contributed by atoms with E-state index < -0.39 is 11.3 Å². The van der Waals surface area contributed by atoms with Gasteiger partial charge in [-0.25, -0.2) is 0 Å². The van der Waals surface area contributed by atoms with Gasteiger partial charge in [0.2, 0.25) is 11.8 Å². The summed E-state index contributed by atoms with van der Waals surface area (Å²) in [6.07, 6.45) is 1.55. The van der Waals surface area contributed by atoms with Crippen molar-refractivity contribution in [2.24, 2.45) is 5.41 Å². The van der Waals surface area contributed by atoms with Gasteiger partial charge in [-0.15, -0.1) is 6.58 Å². The van der Waals surface area contributed by atoms with Crippen molar-refractivity contribution >= 4 is 17.5 Å². The van der Waals surface area contributed by atoms with Crippen LogP contribution in [0.3, 0.4) is 0 Å². The number of nitrogens with one attached hydrogen (secondary N) is 2. The van der Waals surface area contributed by atoms with Gasteiger partial charge < -0.3 is 20.1 Å². The third-order valence-electron chi connectivity index (χ3n) is 3.20. The molecule has 2 N–H and O–H groups in total. The van der Waals surface area contributed by atoms with E-state index in [1.54, 1.807) is 38.1 Å². The molecule has 120 valence electrons. The molecule has 1 rings (SSSR count). The molecule has 0 spiro atoms. The number of benzene rings is 1. The Labute approximate surface area is 130 Å². The third-order valence-corrected chi connectivity index (χ3v) is 3.20. The molecule has 1 aromatic carbocycles. The zero-order valence-corrected chi connectivity index (χ0v) is 13.4. The number of anilines is 1. The Bertz CT molecular complexity index is 567. The molecule has 0 saturated heterocycles. The van der Waals surface area contributed by atoms with Crippen molar-refractivity contribution in [2.75, 3.05) is 26.1 Å². The molecule has 0 aliphatic carbocycles. The van der Waals surface area contributed by atoms with Gasteiger partial charge in [0.1, 0.15) is 16.9 Å². The van der Waals surface area contributed by atoms with Crippen LogP contribution in [0.2, 0.25) is 0 Å². The maximum atomic E-state index is 12.4. The summed E-state index contributed by atoms with van der Waals surface area (Å²) in [5, 5.41) is 5.32. The normalized spacial score (nSPS) is 10.5. The van der Waals surface area contributed by atoms with Crippen molar-refractivity contribution in [3.63, 3.8) is 0 Å². The van der Waals surface area contributed by atoms with Crippen LogP contribution in [0, 0.1) is 5.41 Å². The Kier molecular flexibility index (Phi) is 5.98. The number of ether oxygens (including phenoxy) is 2. The smallest absolute Gasteiger partial charge is 0.239 e. The van der Waals surface area contributed by atoms with Gasteiger partial charge in [-0.3, -0.25) is 9.59 Å². The Morgan fingerprint density at radius 1 is 1.23 bits per heavy atom. The summed E-state index contributed by atoms with van der Waals surface area (Å²) in [7, 11) is 3.03. The maximum Gasteiger partial charge on any atom is 0.239 e. The molecule has 0 aromatic heterocycles. The van der Waals surface area contributed by atoms with Crippen LogP contribution < -0.4 is 20.1 Å². The van der Waals surface area contributed by atoms with Crippen molar-refractivity contribution in [2.45, 2.75) is 13.8 Å². The first-order chi connectivity index (χ1) is 10.4. The predicted octanol–water partition coefficient (Wildman–Crippen LogP) is 1.97. The van der Waals surface area contributed by atoms with E-state index in [1.165, 1.54) is 14.2 Å². The summed E-state index contributed by atoms with van der Waals surface area (Å²) in [6, 6.07) is 5.03. The van der Waals surface area contributed by atoms with E-state index in [0.29, 0.717) is 23.7 Å². The minimum atomic E-state index is -1.24. The number of methoxy groups -OCH3 is 2. The molecule has 1 aromatic rings. The van der Waals surface area contributed by atoms with Crippen molar-refractivity contribution < 1.29 is 19.1 Å². The Morgan fingerprint density at radius 2 is 1.91 bits per heavy atom. The lowest BCUT2D eigenvalue weighted by Gasteiger charge is -2.23. The molecule has 0 atom stereocenters. The lowest BCUT2D eigenvalue weighted by molar-refractivity contribution is -0.138. The number of hydrogen-bond acceptors (Lipinski definition) is 4. The summed E-state index contributed by atoms with van der Waals surface area (Å²) in [5.41, 5.74) is -0.798. The molecule has 0 aliphatic heterocycles. The van der Waals surface area contributed by atoms with Gasteiger partial charge in [0, 0.05) is 12.6 Å². The van der Waals surface area contributed by atoms with Gasteiger partial charge in [-0.1, -0.05) is 6.08 Å². The Balaban J connectivity index is 2.95. The number of hydrogen-bond donors (Lipinski definition) is 2. The monoisotopic (exact) mass is 306 g/mol. The zero-order valence-electron chi connectivity index (χ0n) is 13.4. The van der Waals surface area contributed by atoms with E-state index in [9.17, 15) is 9.59 Å². The second kappa shape index (κ2) is 7.49. The largest absolute Gasteiger partial charge is 0.497 e. The lowest BCUT2D eigenvalue weighted by Crippen LogP contribution is -2.45. The highest BCUT2D eigenvalue weighted by molar-refractivity contribution is 6.10. The zero-order chi connectivity index (χ0) is 16.8. The van der Waals surface area contributed by atoms with Crippen LogP contribution in [-0.4, -0.2) is 32.6 Å². The van der Waals surface area contributed by atoms with Crippen molar-refractivity contribution in [1.82, 2.24) is 5.32 Å². The van der Waals surface area contributed by atoms with Crippen LogP contribution in [0.25, 0.3) is 0 Å². The first-order valence-electron chi connectivity index (χ1n) is 6.79. The summed E-state index contributed by atoms with van der Waals surface area (Å²) >= 11 is 0. The molecule has 6 nitrogen and oxygen atoms in total. The van der Waals surface area contributed by atoms with Gasteiger partial charge in [0.05, 0.1) is 19.9 Å². The summed E-state index contributed by atoms with van der Waals surface area (Å²) in [6.45, 7) is 6.92. The third kappa shape index (κ3) is 4.00. The molecular formula is C16H22N2O4. The standard InChI is InChI=1S/C16H22N2O4/c1-6-9-17-14(19)16(2,3)15(20)18-12-10-11(21-4)7-8-13(12)22-5/h6-8,10H,1,9H2,2-5H3,(H,17,19)(H,18,20). The van der Waals surface area contributed by atoms with Crippen LogP contribution in [-0.2, 0) is 9.59 Å². The van der Waals surface area contributed by atoms with Crippen LogP contribution in [0.1, 0.15) is 13.8 Å². The average Bonchev–Trinajstić information content (AvgIpc) is 2.52. The highest BCUT2D eigenvalue weighted by Gasteiger charge is 2.36. The number of amides is 2. The van der Waals surface area contributed by atoms with Gasteiger partial charge in [-0.05, 0) is 26.0 Å². The van der Waals surface area contributed by atoms with Gasteiger partial charge in [0.25, 0.3) is 0 Å². The first-order valence-corrected chi connectivity index (χ1v) is 6.79. The molecule has 0 radical (unpaired) electrons. The molecule has 0 aliphatic rings. The summed E-state index contributed by atoms with van der Waals surface area (Å²) in [5.74, 6) is 0.230. The maximum absolute atomic E-state index is 12.4. The molecule has 0 unspecified atom stereocenters. The van der Waals surface area contributed by atoms with Gasteiger partial charge in [-0.2, -0.15) is 0 Å². The SMILES string of the molecule is C=CCNC(=O)C(C)(C)C(=O)Nc1cc(OC)ccc1OC. The predicted molar refractivity (Wildman–Crippen MR) is 85.2 cm³/mol. The van der Waals surface area contributed by atoms with Gasteiger partial charge in [0.15, 0.2) is 0 Å². The van der Waals surface area contributed by atoms with E-state index in [1.807, 2.05) is 0 Å². The van der Waals surface area contributed by atoms with E-state index in [0.717, 1.165) is 0 Å². The highest BCUT2D eigenvalue weighted by Crippen LogP contribution is 2.30. The fourth-order valence-corrected chi connectivity index (χ4v) is 1.68. The van der Waals surface area contributed by atoms with Crippen LogP contribution >= 0.6 is 0 Å². The molecule has 0 bridgehead atoms. The molecule has 0 heterocycles. The van der Waals surface area contributed by atoms with Crippen molar-refractivity contribution in [1.29, 1.82) is 0 Å².